The molecule has 2 N–H and O–H groups in total. The molecule has 0 aliphatic rings. The van der Waals surface area contributed by atoms with Crippen LogP contribution in [0.25, 0.3) is 10.2 Å². The van der Waals surface area contributed by atoms with Crippen molar-refractivity contribution in [2.75, 3.05) is 5.32 Å². The molecule has 0 aliphatic carbocycles. The quantitative estimate of drug-likeness (QED) is 0.725. The number of aromatic nitrogens is 1. The van der Waals surface area contributed by atoms with Crippen LogP contribution in [-0.2, 0) is 4.79 Å². The fraction of sp³-hybridized carbons (Fsp3) is 0.167. The van der Waals surface area contributed by atoms with E-state index in [0.717, 1.165) is 15.2 Å². The molecule has 7 heteroatoms. The lowest BCUT2D eigenvalue weighted by molar-refractivity contribution is -0.117. The first-order chi connectivity index (χ1) is 11.9. The van der Waals surface area contributed by atoms with Gasteiger partial charge < -0.3 is 10.6 Å². The molecular weight excluding hydrogens is 358 g/mol. The standard InChI is InChI=1S/C18H16ClN3O2S/c1-10(20-18(24)12-3-5-13(19)6-4-12)17(23)22-14-7-8-15-16(9-14)25-11(2)21-15/h3-10H,1-2H3,(H,20,24)(H,22,23)/t10-/m0/s1. The molecule has 3 aromatic rings. The number of nitrogens with zero attached hydrogens (tertiary/aromatic N) is 1. The number of carbonyl (C=O) groups excluding carboxylic acids is 2. The highest BCUT2D eigenvalue weighted by atomic mass is 35.5. The van der Waals surface area contributed by atoms with Crippen LogP contribution in [0, 0.1) is 6.92 Å². The number of anilines is 1. The van der Waals surface area contributed by atoms with E-state index >= 15 is 0 Å². The number of hydrogen-bond donors (Lipinski definition) is 2. The molecule has 0 bridgehead atoms. The van der Waals surface area contributed by atoms with Crippen molar-refractivity contribution in [2.24, 2.45) is 0 Å². The summed E-state index contributed by atoms with van der Waals surface area (Å²) in [4.78, 5) is 28.9. The van der Waals surface area contributed by atoms with Crippen LogP contribution in [0.1, 0.15) is 22.3 Å². The molecule has 5 nitrogen and oxygen atoms in total. The van der Waals surface area contributed by atoms with Crippen molar-refractivity contribution in [3.05, 3.63) is 58.1 Å². The van der Waals surface area contributed by atoms with Gasteiger partial charge >= 0.3 is 0 Å². The molecule has 0 spiro atoms. The van der Waals surface area contributed by atoms with E-state index in [1.165, 1.54) is 0 Å². The van der Waals surface area contributed by atoms with Gasteiger partial charge in [0.15, 0.2) is 0 Å². The fourth-order valence-corrected chi connectivity index (χ4v) is 3.31. The number of rotatable bonds is 4. The summed E-state index contributed by atoms with van der Waals surface area (Å²) in [5.74, 6) is -0.615. The van der Waals surface area contributed by atoms with E-state index in [9.17, 15) is 9.59 Å². The Kier molecular flexibility index (Phi) is 5.01. The largest absolute Gasteiger partial charge is 0.341 e. The summed E-state index contributed by atoms with van der Waals surface area (Å²) in [5.41, 5.74) is 2.03. The Morgan fingerprint density at radius 2 is 1.88 bits per heavy atom. The van der Waals surface area contributed by atoms with Crippen LogP contribution in [0.4, 0.5) is 5.69 Å². The number of carbonyl (C=O) groups is 2. The smallest absolute Gasteiger partial charge is 0.251 e. The van der Waals surface area contributed by atoms with E-state index in [4.69, 9.17) is 11.6 Å². The molecule has 25 heavy (non-hydrogen) atoms. The third-order valence-corrected chi connectivity index (χ3v) is 4.80. The predicted octanol–water partition coefficient (Wildman–Crippen LogP) is 4.02. The first-order valence-corrected chi connectivity index (χ1v) is 8.86. The van der Waals surface area contributed by atoms with Crippen molar-refractivity contribution >= 4 is 50.7 Å². The fourth-order valence-electron chi connectivity index (χ4n) is 2.31. The second-order valence-electron chi connectivity index (χ2n) is 5.61. The van der Waals surface area contributed by atoms with E-state index in [1.807, 2.05) is 19.1 Å². The molecule has 0 radical (unpaired) electrons. The third kappa shape index (κ3) is 4.15. The summed E-state index contributed by atoms with van der Waals surface area (Å²) in [6.07, 6.45) is 0. The van der Waals surface area contributed by atoms with E-state index in [-0.39, 0.29) is 11.8 Å². The molecule has 0 fully saturated rings. The number of thiazole rings is 1. The summed E-state index contributed by atoms with van der Waals surface area (Å²) in [6.45, 7) is 3.58. The van der Waals surface area contributed by atoms with Crippen LogP contribution in [0.5, 0.6) is 0 Å². The Morgan fingerprint density at radius 1 is 1.16 bits per heavy atom. The van der Waals surface area contributed by atoms with Crippen molar-refractivity contribution in [3.63, 3.8) is 0 Å². The highest BCUT2D eigenvalue weighted by molar-refractivity contribution is 7.18. The summed E-state index contributed by atoms with van der Waals surface area (Å²) in [7, 11) is 0. The lowest BCUT2D eigenvalue weighted by Crippen LogP contribution is -2.41. The molecule has 3 rings (SSSR count). The predicted molar refractivity (Wildman–Crippen MR) is 101 cm³/mol. The Bertz CT molecular complexity index is 937. The average Bonchev–Trinajstić information content (AvgIpc) is 2.94. The molecule has 128 valence electrons. The second kappa shape index (κ2) is 7.21. The minimum absolute atomic E-state index is 0.289. The Morgan fingerprint density at radius 3 is 2.60 bits per heavy atom. The molecular formula is C18H16ClN3O2S. The molecule has 0 saturated carbocycles. The van der Waals surface area contributed by atoms with Gasteiger partial charge in [-0.1, -0.05) is 11.6 Å². The maximum atomic E-state index is 12.3. The van der Waals surface area contributed by atoms with Gasteiger partial charge in [0.1, 0.15) is 6.04 Å². The molecule has 1 atom stereocenters. The molecule has 1 heterocycles. The molecule has 1 aromatic heterocycles. The van der Waals surface area contributed by atoms with Gasteiger partial charge in [0.05, 0.1) is 15.2 Å². The van der Waals surface area contributed by atoms with Crippen LogP contribution >= 0.6 is 22.9 Å². The molecule has 0 saturated heterocycles. The molecule has 2 aromatic carbocycles. The highest BCUT2D eigenvalue weighted by Crippen LogP contribution is 2.24. The number of hydrogen-bond acceptors (Lipinski definition) is 4. The van der Waals surface area contributed by atoms with Crippen LogP contribution in [-0.4, -0.2) is 22.8 Å². The summed E-state index contributed by atoms with van der Waals surface area (Å²) in [5, 5.41) is 7.01. The third-order valence-electron chi connectivity index (χ3n) is 3.61. The van der Waals surface area contributed by atoms with E-state index in [0.29, 0.717) is 16.3 Å². The number of benzene rings is 2. The van der Waals surface area contributed by atoms with Gasteiger partial charge in [-0.3, -0.25) is 9.59 Å². The van der Waals surface area contributed by atoms with Gasteiger partial charge in [-0.2, -0.15) is 0 Å². The minimum Gasteiger partial charge on any atom is -0.341 e. The number of fused-ring (bicyclic) bond motifs is 1. The van der Waals surface area contributed by atoms with Crippen LogP contribution < -0.4 is 10.6 Å². The van der Waals surface area contributed by atoms with Gasteiger partial charge in [0.25, 0.3) is 5.91 Å². The number of nitrogens with one attached hydrogen (secondary N) is 2. The zero-order chi connectivity index (χ0) is 18.0. The lowest BCUT2D eigenvalue weighted by Gasteiger charge is -2.14. The van der Waals surface area contributed by atoms with Crippen LogP contribution in [0.15, 0.2) is 42.5 Å². The van der Waals surface area contributed by atoms with Crippen LogP contribution in [0.3, 0.4) is 0 Å². The van der Waals surface area contributed by atoms with Gasteiger partial charge in [-0.05, 0) is 56.3 Å². The summed E-state index contributed by atoms with van der Waals surface area (Å²) in [6, 6.07) is 11.4. The maximum absolute atomic E-state index is 12.3. The SMILES string of the molecule is Cc1nc2ccc(NC(=O)[C@H](C)NC(=O)c3ccc(Cl)cc3)cc2s1. The summed E-state index contributed by atoms with van der Waals surface area (Å²) >= 11 is 7.37. The lowest BCUT2D eigenvalue weighted by atomic mass is 10.2. The van der Waals surface area contributed by atoms with Gasteiger partial charge in [-0.15, -0.1) is 11.3 Å². The van der Waals surface area contributed by atoms with Gasteiger partial charge in [0.2, 0.25) is 5.91 Å². The molecule has 0 aliphatic heterocycles. The monoisotopic (exact) mass is 373 g/mol. The normalized spacial score (nSPS) is 12.0. The Hall–Kier alpha value is -2.44. The van der Waals surface area contributed by atoms with Gasteiger partial charge in [-0.25, -0.2) is 4.98 Å². The van der Waals surface area contributed by atoms with Crippen molar-refractivity contribution < 1.29 is 9.59 Å². The topological polar surface area (TPSA) is 71.1 Å². The zero-order valence-electron chi connectivity index (χ0n) is 13.7. The number of amides is 2. The first-order valence-electron chi connectivity index (χ1n) is 7.67. The maximum Gasteiger partial charge on any atom is 0.251 e. The Labute approximate surface area is 154 Å². The molecule has 0 unspecified atom stereocenters. The number of aryl methyl sites for hydroxylation is 1. The average molecular weight is 374 g/mol. The van der Waals surface area contributed by atoms with Gasteiger partial charge in [0, 0.05) is 16.3 Å². The van der Waals surface area contributed by atoms with Crippen molar-refractivity contribution in [1.82, 2.24) is 10.3 Å². The van der Waals surface area contributed by atoms with Crippen molar-refractivity contribution in [3.8, 4) is 0 Å². The van der Waals surface area contributed by atoms with E-state index < -0.39 is 6.04 Å². The first kappa shape index (κ1) is 17.4. The van der Waals surface area contributed by atoms with Crippen LogP contribution in [0.2, 0.25) is 5.02 Å². The van der Waals surface area contributed by atoms with Crippen molar-refractivity contribution in [1.29, 1.82) is 0 Å². The van der Waals surface area contributed by atoms with E-state index in [1.54, 1.807) is 48.6 Å². The highest BCUT2D eigenvalue weighted by Gasteiger charge is 2.17. The Balaban J connectivity index is 1.64. The minimum atomic E-state index is -0.679. The number of halogens is 1. The van der Waals surface area contributed by atoms with E-state index in [2.05, 4.69) is 15.6 Å². The molecule has 2 amide bonds. The van der Waals surface area contributed by atoms with Crippen molar-refractivity contribution in [2.45, 2.75) is 19.9 Å². The zero-order valence-corrected chi connectivity index (χ0v) is 15.2. The summed E-state index contributed by atoms with van der Waals surface area (Å²) < 4.78 is 1.01. The second-order valence-corrected chi connectivity index (χ2v) is 7.28.